The highest BCUT2D eigenvalue weighted by Gasteiger charge is 2.09. The molecule has 102 valence electrons. The topological polar surface area (TPSA) is 27.0 Å². The van der Waals surface area contributed by atoms with Gasteiger partial charge in [0.15, 0.2) is 0 Å². The van der Waals surface area contributed by atoms with Crippen LogP contribution in [0.2, 0.25) is 5.02 Å². The van der Waals surface area contributed by atoms with Crippen LogP contribution in [0.5, 0.6) is 0 Å². The van der Waals surface area contributed by atoms with Gasteiger partial charge in [-0.05, 0) is 42.4 Å². The normalized spacial score (nSPS) is 10.6. The van der Waals surface area contributed by atoms with Gasteiger partial charge < -0.3 is 0 Å². The van der Waals surface area contributed by atoms with Crippen molar-refractivity contribution >= 4 is 11.6 Å². The molecular formula is C16H14ClFN2. The first-order valence-corrected chi connectivity index (χ1v) is 6.58. The Balaban J connectivity index is 2.13. The number of benzene rings is 2. The van der Waals surface area contributed by atoms with Crippen molar-refractivity contribution < 1.29 is 4.39 Å². The molecule has 2 aromatic carbocycles. The third-order valence-electron chi connectivity index (χ3n) is 3.03. The van der Waals surface area contributed by atoms with Gasteiger partial charge in [-0.25, -0.2) is 4.39 Å². The van der Waals surface area contributed by atoms with E-state index in [1.165, 1.54) is 18.2 Å². The lowest BCUT2D eigenvalue weighted by Crippen LogP contribution is -2.18. The van der Waals surface area contributed by atoms with Gasteiger partial charge >= 0.3 is 0 Å². The summed E-state index contributed by atoms with van der Waals surface area (Å²) in [5.74, 6) is -0.329. The Kier molecular flexibility index (Phi) is 4.73. The van der Waals surface area contributed by atoms with Crippen LogP contribution in [-0.2, 0) is 13.1 Å². The maximum absolute atomic E-state index is 13.3. The van der Waals surface area contributed by atoms with E-state index >= 15 is 0 Å². The number of nitrogens with zero attached hydrogens (tertiary/aromatic N) is 2. The van der Waals surface area contributed by atoms with Gasteiger partial charge in [0.2, 0.25) is 0 Å². The smallest absolute Gasteiger partial charge is 0.123 e. The van der Waals surface area contributed by atoms with Crippen LogP contribution in [0.25, 0.3) is 0 Å². The molecule has 4 heteroatoms. The van der Waals surface area contributed by atoms with Crippen LogP contribution in [0.3, 0.4) is 0 Å². The number of halogens is 2. The van der Waals surface area contributed by atoms with Crippen LogP contribution >= 0.6 is 11.6 Å². The second-order valence-electron chi connectivity index (χ2n) is 4.68. The van der Waals surface area contributed by atoms with E-state index in [1.807, 2.05) is 36.2 Å². The minimum atomic E-state index is -0.329. The van der Waals surface area contributed by atoms with Crippen LogP contribution < -0.4 is 0 Å². The number of nitriles is 1. The van der Waals surface area contributed by atoms with E-state index in [0.29, 0.717) is 29.2 Å². The quantitative estimate of drug-likeness (QED) is 0.851. The predicted molar refractivity (Wildman–Crippen MR) is 77.7 cm³/mol. The molecule has 0 fully saturated rings. The second-order valence-corrected chi connectivity index (χ2v) is 5.08. The summed E-state index contributed by atoms with van der Waals surface area (Å²) in [6.07, 6.45) is 0. The zero-order valence-corrected chi connectivity index (χ0v) is 11.9. The zero-order valence-electron chi connectivity index (χ0n) is 11.1. The first-order chi connectivity index (χ1) is 9.60. The summed E-state index contributed by atoms with van der Waals surface area (Å²) in [5.41, 5.74) is 2.19. The molecule has 0 radical (unpaired) electrons. The lowest BCUT2D eigenvalue weighted by atomic mass is 10.1. The van der Waals surface area contributed by atoms with Crippen molar-refractivity contribution in [2.75, 3.05) is 7.05 Å². The van der Waals surface area contributed by atoms with E-state index in [1.54, 1.807) is 0 Å². The van der Waals surface area contributed by atoms with Crippen LogP contribution in [-0.4, -0.2) is 11.9 Å². The van der Waals surface area contributed by atoms with Crippen molar-refractivity contribution in [1.82, 2.24) is 4.90 Å². The number of hydrogen-bond acceptors (Lipinski definition) is 2. The number of hydrogen-bond donors (Lipinski definition) is 0. The van der Waals surface area contributed by atoms with Gasteiger partial charge in [-0.3, -0.25) is 4.90 Å². The Morgan fingerprint density at radius 3 is 2.55 bits per heavy atom. The summed E-state index contributed by atoms with van der Waals surface area (Å²) in [5, 5.41) is 9.75. The third kappa shape index (κ3) is 3.57. The Morgan fingerprint density at radius 1 is 1.15 bits per heavy atom. The highest BCUT2D eigenvalue weighted by molar-refractivity contribution is 6.31. The van der Waals surface area contributed by atoms with E-state index in [0.717, 1.165) is 5.56 Å². The lowest BCUT2D eigenvalue weighted by Gasteiger charge is -2.18. The van der Waals surface area contributed by atoms with E-state index in [2.05, 4.69) is 6.07 Å². The van der Waals surface area contributed by atoms with Crippen molar-refractivity contribution in [3.63, 3.8) is 0 Å². The summed E-state index contributed by atoms with van der Waals surface area (Å²) in [4.78, 5) is 2.00. The van der Waals surface area contributed by atoms with Gasteiger partial charge in [-0.2, -0.15) is 5.26 Å². The highest BCUT2D eigenvalue weighted by Crippen LogP contribution is 2.18. The van der Waals surface area contributed by atoms with Crippen molar-refractivity contribution in [1.29, 1.82) is 5.26 Å². The fourth-order valence-corrected chi connectivity index (χ4v) is 2.26. The maximum Gasteiger partial charge on any atom is 0.123 e. The van der Waals surface area contributed by atoms with Gasteiger partial charge in [0.05, 0.1) is 11.6 Å². The molecule has 2 rings (SSSR count). The van der Waals surface area contributed by atoms with Crippen molar-refractivity contribution in [2.45, 2.75) is 13.1 Å². The fourth-order valence-electron chi connectivity index (χ4n) is 2.07. The average molecular weight is 289 g/mol. The highest BCUT2D eigenvalue weighted by atomic mass is 35.5. The van der Waals surface area contributed by atoms with Crippen molar-refractivity contribution in [3.05, 3.63) is 70.0 Å². The molecular weight excluding hydrogens is 275 g/mol. The first kappa shape index (κ1) is 14.5. The molecule has 0 bridgehead atoms. The van der Waals surface area contributed by atoms with Crippen molar-refractivity contribution in [3.8, 4) is 6.07 Å². The monoisotopic (exact) mass is 288 g/mol. The SMILES string of the molecule is CN(Cc1ccccc1Cl)Cc1cc(F)ccc1C#N. The number of rotatable bonds is 4. The molecule has 0 heterocycles. The molecule has 0 aromatic heterocycles. The molecule has 2 aromatic rings. The summed E-state index contributed by atoms with van der Waals surface area (Å²) in [6, 6.07) is 13.9. The summed E-state index contributed by atoms with van der Waals surface area (Å²) >= 11 is 6.12. The molecule has 0 aliphatic rings. The fraction of sp³-hybridized carbons (Fsp3) is 0.188. The Morgan fingerprint density at radius 2 is 1.85 bits per heavy atom. The van der Waals surface area contributed by atoms with Crippen LogP contribution in [0.1, 0.15) is 16.7 Å². The molecule has 0 unspecified atom stereocenters. The van der Waals surface area contributed by atoms with Gasteiger partial charge in [0, 0.05) is 18.1 Å². The van der Waals surface area contributed by atoms with E-state index in [-0.39, 0.29) is 5.82 Å². The Labute approximate surface area is 123 Å². The molecule has 0 aliphatic heterocycles. The molecule has 0 spiro atoms. The molecule has 0 aliphatic carbocycles. The second kappa shape index (κ2) is 6.51. The first-order valence-electron chi connectivity index (χ1n) is 6.20. The Hall–Kier alpha value is -1.89. The van der Waals surface area contributed by atoms with Crippen LogP contribution in [0.15, 0.2) is 42.5 Å². The maximum atomic E-state index is 13.3. The molecule has 0 atom stereocenters. The molecule has 20 heavy (non-hydrogen) atoms. The molecule has 0 saturated carbocycles. The van der Waals surface area contributed by atoms with Gasteiger partial charge in [-0.1, -0.05) is 29.8 Å². The minimum absolute atomic E-state index is 0.329. The van der Waals surface area contributed by atoms with E-state index < -0.39 is 0 Å². The zero-order chi connectivity index (χ0) is 14.5. The van der Waals surface area contributed by atoms with E-state index in [4.69, 9.17) is 16.9 Å². The van der Waals surface area contributed by atoms with Gasteiger partial charge in [-0.15, -0.1) is 0 Å². The molecule has 0 saturated heterocycles. The van der Waals surface area contributed by atoms with Crippen molar-refractivity contribution in [2.24, 2.45) is 0 Å². The minimum Gasteiger partial charge on any atom is -0.298 e. The third-order valence-corrected chi connectivity index (χ3v) is 3.39. The van der Waals surface area contributed by atoms with Crippen LogP contribution in [0.4, 0.5) is 4.39 Å². The average Bonchev–Trinajstić information content (AvgIpc) is 2.41. The van der Waals surface area contributed by atoms with Gasteiger partial charge in [0.25, 0.3) is 0 Å². The summed E-state index contributed by atoms with van der Waals surface area (Å²) in [7, 11) is 1.91. The summed E-state index contributed by atoms with van der Waals surface area (Å²) < 4.78 is 13.3. The van der Waals surface area contributed by atoms with Crippen LogP contribution in [0, 0.1) is 17.1 Å². The lowest BCUT2D eigenvalue weighted by molar-refractivity contribution is 0.318. The van der Waals surface area contributed by atoms with E-state index in [9.17, 15) is 4.39 Å². The molecule has 0 N–H and O–H groups in total. The standard InChI is InChI=1S/C16H14ClFN2/c1-20(10-13-4-2-3-5-16(13)17)11-14-8-15(18)7-6-12(14)9-19/h2-8H,10-11H2,1H3. The molecule has 0 amide bonds. The summed E-state index contributed by atoms with van der Waals surface area (Å²) in [6.45, 7) is 1.13. The predicted octanol–water partition coefficient (Wildman–Crippen LogP) is 3.98. The molecule has 2 nitrogen and oxygen atoms in total. The Bertz CT molecular complexity index is 649. The largest absolute Gasteiger partial charge is 0.298 e. The van der Waals surface area contributed by atoms with Gasteiger partial charge in [0.1, 0.15) is 5.82 Å².